The molecule has 1 N–H and O–H groups in total. The van der Waals surface area contributed by atoms with Crippen LogP contribution in [0.2, 0.25) is 0 Å². The molecule has 0 fully saturated rings. The van der Waals surface area contributed by atoms with Crippen molar-refractivity contribution in [1.29, 1.82) is 5.26 Å². The summed E-state index contributed by atoms with van der Waals surface area (Å²) < 4.78 is 0. The highest BCUT2D eigenvalue weighted by molar-refractivity contribution is 5.93. The molecule has 0 bridgehead atoms. The molecule has 5 rings (SSSR count). The molecule has 0 aliphatic rings. The zero-order valence-electron chi connectivity index (χ0n) is 15.3. The van der Waals surface area contributed by atoms with E-state index < -0.39 is 0 Å². The number of aromatic amines is 1. The third-order valence-electron chi connectivity index (χ3n) is 4.95. The van der Waals surface area contributed by atoms with Gasteiger partial charge in [-0.05, 0) is 29.8 Å². The summed E-state index contributed by atoms with van der Waals surface area (Å²) >= 11 is 0. The van der Waals surface area contributed by atoms with Crippen LogP contribution in [0.3, 0.4) is 0 Å². The molecule has 0 unspecified atom stereocenters. The third-order valence-corrected chi connectivity index (χ3v) is 4.95. The molecule has 0 saturated carbocycles. The summed E-state index contributed by atoms with van der Waals surface area (Å²) in [4.78, 5) is 24.8. The fourth-order valence-electron chi connectivity index (χ4n) is 3.51. The minimum absolute atomic E-state index is 0.0698. The first-order valence-electron chi connectivity index (χ1n) is 9.12. The number of hydrogen-bond donors (Lipinski definition) is 1. The SMILES string of the molecule is N#Cc1c[nH]c2nc(-c3ccccc3)c(-c3ccc4ncccc4c3)cc2c1=O. The van der Waals surface area contributed by atoms with E-state index >= 15 is 0 Å². The van der Waals surface area contributed by atoms with Crippen LogP contribution < -0.4 is 5.43 Å². The molecule has 0 radical (unpaired) electrons. The van der Waals surface area contributed by atoms with Gasteiger partial charge in [-0.15, -0.1) is 0 Å². The molecule has 0 amide bonds. The van der Waals surface area contributed by atoms with Crippen molar-refractivity contribution in [3.8, 4) is 28.5 Å². The highest BCUT2D eigenvalue weighted by atomic mass is 16.1. The molecule has 5 nitrogen and oxygen atoms in total. The second kappa shape index (κ2) is 6.70. The van der Waals surface area contributed by atoms with Gasteiger partial charge >= 0.3 is 0 Å². The Morgan fingerprint density at radius 2 is 1.79 bits per heavy atom. The quantitative estimate of drug-likeness (QED) is 0.486. The Morgan fingerprint density at radius 1 is 0.931 bits per heavy atom. The van der Waals surface area contributed by atoms with Gasteiger partial charge in [0.2, 0.25) is 5.43 Å². The van der Waals surface area contributed by atoms with Gasteiger partial charge in [-0.2, -0.15) is 5.26 Å². The van der Waals surface area contributed by atoms with Gasteiger partial charge < -0.3 is 4.98 Å². The van der Waals surface area contributed by atoms with Gasteiger partial charge in [-0.3, -0.25) is 9.78 Å². The second-order valence-electron chi connectivity index (χ2n) is 6.70. The normalized spacial score (nSPS) is 10.9. The number of H-pyrrole nitrogens is 1. The zero-order valence-corrected chi connectivity index (χ0v) is 15.3. The van der Waals surface area contributed by atoms with Gasteiger partial charge in [0, 0.05) is 28.9 Å². The Balaban J connectivity index is 1.86. The highest BCUT2D eigenvalue weighted by Crippen LogP contribution is 2.33. The van der Waals surface area contributed by atoms with Crippen molar-refractivity contribution in [2.24, 2.45) is 0 Å². The van der Waals surface area contributed by atoms with Crippen molar-refractivity contribution in [3.05, 3.63) is 94.9 Å². The minimum Gasteiger partial charge on any atom is -0.345 e. The predicted octanol–water partition coefficient (Wildman–Crippen LogP) is 4.68. The average Bonchev–Trinajstić information content (AvgIpc) is 2.79. The van der Waals surface area contributed by atoms with Gasteiger partial charge in [-0.1, -0.05) is 42.5 Å². The molecule has 0 atom stereocenters. The fourth-order valence-corrected chi connectivity index (χ4v) is 3.51. The molecule has 0 aliphatic carbocycles. The number of hydrogen-bond acceptors (Lipinski definition) is 4. The maximum Gasteiger partial charge on any atom is 0.208 e. The number of aromatic nitrogens is 3. The van der Waals surface area contributed by atoms with E-state index in [9.17, 15) is 10.1 Å². The van der Waals surface area contributed by atoms with Gasteiger partial charge in [0.1, 0.15) is 17.3 Å². The van der Waals surface area contributed by atoms with Gasteiger partial charge in [0.25, 0.3) is 0 Å². The largest absolute Gasteiger partial charge is 0.345 e. The van der Waals surface area contributed by atoms with E-state index in [-0.39, 0.29) is 11.0 Å². The highest BCUT2D eigenvalue weighted by Gasteiger charge is 2.15. The van der Waals surface area contributed by atoms with Crippen molar-refractivity contribution >= 4 is 21.9 Å². The molecule has 0 saturated heterocycles. The van der Waals surface area contributed by atoms with Crippen molar-refractivity contribution in [2.45, 2.75) is 0 Å². The van der Waals surface area contributed by atoms with E-state index in [1.807, 2.05) is 72.8 Å². The van der Waals surface area contributed by atoms with E-state index in [4.69, 9.17) is 4.98 Å². The number of nitrogens with one attached hydrogen (secondary N) is 1. The summed E-state index contributed by atoms with van der Waals surface area (Å²) in [7, 11) is 0. The molecule has 0 aliphatic heterocycles. The molecule has 5 heteroatoms. The first-order valence-corrected chi connectivity index (χ1v) is 9.12. The Bertz CT molecular complexity index is 1480. The predicted molar refractivity (Wildman–Crippen MR) is 113 cm³/mol. The number of benzene rings is 2. The van der Waals surface area contributed by atoms with E-state index in [2.05, 4.69) is 9.97 Å². The van der Waals surface area contributed by atoms with Crippen LogP contribution in [0.15, 0.2) is 83.9 Å². The standard InChI is InChI=1S/C24H14N4O/c25-13-18-14-27-24-20(23(18)29)12-19(22(28-24)15-5-2-1-3-6-15)16-8-9-21-17(11-16)7-4-10-26-21/h1-12,14H,(H,27,28,29). The summed E-state index contributed by atoms with van der Waals surface area (Å²) in [6.07, 6.45) is 3.17. The zero-order chi connectivity index (χ0) is 19.8. The van der Waals surface area contributed by atoms with Crippen LogP contribution in [0.4, 0.5) is 0 Å². The summed E-state index contributed by atoms with van der Waals surface area (Å²) in [6.45, 7) is 0. The van der Waals surface area contributed by atoms with Crippen molar-refractivity contribution in [3.63, 3.8) is 0 Å². The number of nitrogens with zero attached hydrogens (tertiary/aromatic N) is 3. The van der Waals surface area contributed by atoms with Crippen LogP contribution in [-0.4, -0.2) is 15.0 Å². The molecular formula is C24H14N4O. The molecule has 3 heterocycles. The van der Waals surface area contributed by atoms with Crippen LogP contribution in [0.5, 0.6) is 0 Å². The number of fused-ring (bicyclic) bond motifs is 2. The summed E-state index contributed by atoms with van der Waals surface area (Å²) in [5.41, 5.74) is 4.57. The first kappa shape index (κ1) is 16.8. The van der Waals surface area contributed by atoms with Crippen LogP contribution in [0.25, 0.3) is 44.3 Å². The lowest BCUT2D eigenvalue weighted by Gasteiger charge is -2.12. The summed E-state index contributed by atoms with van der Waals surface area (Å²) in [6, 6.07) is 23.5. The Hall–Kier alpha value is -4.30. The van der Waals surface area contributed by atoms with E-state index in [0.717, 1.165) is 33.3 Å². The van der Waals surface area contributed by atoms with Crippen LogP contribution in [0.1, 0.15) is 5.56 Å². The summed E-state index contributed by atoms with van der Waals surface area (Å²) in [5, 5.41) is 10.6. The monoisotopic (exact) mass is 374 g/mol. The van der Waals surface area contributed by atoms with Crippen LogP contribution in [0, 0.1) is 11.3 Å². The Kier molecular flexibility index (Phi) is 3.89. The van der Waals surface area contributed by atoms with Crippen LogP contribution in [-0.2, 0) is 0 Å². The smallest absolute Gasteiger partial charge is 0.208 e. The lowest BCUT2D eigenvalue weighted by Crippen LogP contribution is -2.09. The molecule has 136 valence electrons. The summed E-state index contributed by atoms with van der Waals surface area (Å²) in [5.74, 6) is 0. The number of rotatable bonds is 2. The first-order chi connectivity index (χ1) is 14.2. The van der Waals surface area contributed by atoms with Gasteiger partial charge in [0.05, 0.1) is 16.6 Å². The lowest BCUT2D eigenvalue weighted by molar-refractivity contribution is 1.26. The maximum absolute atomic E-state index is 12.7. The average molecular weight is 374 g/mol. The Morgan fingerprint density at radius 3 is 2.62 bits per heavy atom. The topological polar surface area (TPSA) is 82.4 Å². The molecule has 2 aromatic carbocycles. The van der Waals surface area contributed by atoms with Gasteiger partial charge in [-0.25, -0.2) is 4.98 Å². The van der Waals surface area contributed by atoms with E-state index in [0.29, 0.717) is 11.0 Å². The Labute approximate surface area is 165 Å². The molecule has 5 aromatic rings. The van der Waals surface area contributed by atoms with Crippen molar-refractivity contribution < 1.29 is 0 Å². The molecular weight excluding hydrogens is 360 g/mol. The molecule has 29 heavy (non-hydrogen) atoms. The van der Waals surface area contributed by atoms with Crippen molar-refractivity contribution in [2.75, 3.05) is 0 Å². The molecule has 3 aromatic heterocycles. The second-order valence-corrected chi connectivity index (χ2v) is 6.70. The van der Waals surface area contributed by atoms with E-state index in [1.54, 1.807) is 6.20 Å². The lowest BCUT2D eigenvalue weighted by atomic mass is 9.96. The van der Waals surface area contributed by atoms with Crippen molar-refractivity contribution in [1.82, 2.24) is 15.0 Å². The number of nitriles is 1. The fraction of sp³-hybridized carbons (Fsp3) is 0. The van der Waals surface area contributed by atoms with Gasteiger partial charge in [0.15, 0.2) is 0 Å². The minimum atomic E-state index is -0.322. The molecule has 0 spiro atoms. The maximum atomic E-state index is 12.7. The van der Waals surface area contributed by atoms with E-state index in [1.165, 1.54) is 6.20 Å². The van der Waals surface area contributed by atoms with Crippen LogP contribution >= 0.6 is 0 Å². The third kappa shape index (κ3) is 2.84. The number of pyridine rings is 3.